The lowest BCUT2D eigenvalue weighted by atomic mass is 10.2. The number of nitrogens with one attached hydrogen (secondary N) is 2. The summed E-state index contributed by atoms with van der Waals surface area (Å²) in [4.78, 5) is 16.8. The maximum absolute atomic E-state index is 12.3. The van der Waals surface area contributed by atoms with Crippen LogP contribution in [0.5, 0.6) is 5.75 Å². The summed E-state index contributed by atoms with van der Waals surface area (Å²) in [6.07, 6.45) is 3.65. The number of rotatable bonds is 7. The molecule has 6 nitrogen and oxygen atoms in total. The van der Waals surface area contributed by atoms with Crippen LogP contribution in [0.15, 0.2) is 48.5 Å². The highest BCUT2D eigenvalue weighted by Gasteiger charge is 2.27. The molecule has 31 heavy (non-hydrogen) atoms. The van der Waals surface area contributed by atoms with Crippen LogP contribution in [0.3, 0.4) is 0 Å². The molecular formula is C23H24N4O2S2. The van der Waals surface area contributed by atoms with E-state index in [-0.39, 0.29) is 12.5 Å². The molecule has 5 rings (SSSR count). The number of hydrogen-bond donors (Lipinski definition) is 2. The molecule has 3 aromatic rings. The third-order valence-electron chi connectivity index (χ3n) is 5.24. The minimum absolute atomic E-state index is 0.0281. The zero-order valence-corrected chi connectivity index (χ0v) is 18.7. The van der Waals surface area contributed by atoms with E-state index in [2.05, 4.69) is 32.6 Å². The van der Waals surface area contributed by atoms with Gasteiger partial charge in [0.05, 0.1) is 4.58 Å². The molecule has 160 valence electrons. The molecule has 2 N–H and O–H groups in total. The Bertz CT molecular complexity index is 1030. The van der Waals surface area contributed by atoms with Gasteiger partial charge in [0.1, 0.15) is 11.6 Å². The van der Waals surface area contributed by atoms with Crippen LogP contribution >= 0.6 is 23.5 Å². The van der Waals surface area contributed by atoms with E-state index < -0.39 is 0 Å². The predicted molar refractivity (Wildman–Crippen MR) is 127 cm³/mol. The van der Waals surface area contributed by atoms with Crippen molar-refractivity contribution in [3.63, 3.8) is 0 Å². The number of nitrogens with zero attached hydrogens (tertiary/aromatic N) is 2. The molecule has 2 aliphatic rings. The first kappa shape index (κ1) is 20.5. The normalized spacial score (nSPS) is 16.8. The second-order valence-electron chi connectivity index (χ2n) is 7.73. The maximum atomic E-state index is 12.3. The summed E-state index contributed by atoms with van der Waals surface area (Å²) in [7, 11) is 0. The Morgan fingerprint density at radius 2 is 1.81 bits per heavy atom. The fourth-order valence-corrected chi connectivity index (χ4v) is 6.29. The number of hydrogen-bond acceptors (Lipinski definition) is 6. The van der Waals surface area contributed by atoms with E-state index in [1.165, 1.54) is 36.3 Å². The van der Waals surface area contributed by atoms with Gasteiger partial charge in [-0.2, -0.15) is 5.10 Å². The molecule has 1 saturated heterocycles. The third kappa shape index (κ3) is 5.25. The molecule has 2 fully saturated rings. The maximum Gasteiger partial charge on any atom is 0.262 e. The molecule has 0 spiro atoms. The smallest absolute Gasteiger partial charge is 0.262 e. The van der Waals surface area contributed by atoms with Crippen LogP contribution in [-0.2, 0) is 4.79 Å². The van der Waals surface area contributed by atoms with E-state index in [4.69, 9.17) is 4.74 Å². The number of benzene rings is 2. The Morgan fingerprint density at radius 1 is 1.06 bits per heavy atom. The first-order valence-electron chi connectivity index (χ1n) is 10.5. The summed E-state index contributed by atoms with van der Waals surface area (Å²) in [5.41, 5.74) is 2.95. The number of H-pyrrole nitrogens is 1. The van der Waals surface area contributed by atoms with Crippen molar-refractivity contribution in [2.75, 3.05) is 23.4 Å². The highest BCUT2D eigenvalue weighted by atomic mass is 32.2. The van der Waals surface area contributed by atoms with Crippen LogP contribution < -0.4 is 10.1 Å². The molecule has 0 bridgehead atoms. The van der Waals surface area contributed by atoms with Crippen molar-refractivity contribution >= 4 is 35.1 Å². The zero-order chi connectivity index (χ0) is 21.0. The van der Waals surface area contributed by atoms with E-state index in [0.29, 0.717) is 22.1 Å². The van der Waals surface area contributed by atoms with E-state index in [1.807, 2.05) is 59.9 Å². The number of amides is 1. The first-order valence-corrected chi connectivity index (χ1v) is 12.6. The number of aromatic nitrogens is 3. The van der Waals surface area contributed by atoms with Gasteiger partial charge in [-0.25, -0.2) is 4.98 Å². The van der Waals surface area contributed by atoms with Crippen molar-refractivity contribution in [3.8, 4) is 17.1 Å². The molecule has 0 unspecified atom stereocenters. The molecule has 1 amide bonds. The molecule has 2 aromatic carbocycles. The molecule has 2 heterocycles. The SMILES string of the molecule is O=C(COc1ccc(C2SCCCS2)cc1)Nc1ccc(-c2n[nH]c(C3CC3)n2)cc1. The summed E-state index contributed by atoms with van der Waals surface area (Å²) >= 11 is 3.99. The Kier molecular flexibility index (Phi) is 6.18. The number of thioether (sulfide) groups is 2. The number of aromatic amines is 1. The Balaban J connectivity index is 1.11. The standard InChI is InChI=1S/C23H24N4O2S2/c28-20(14-29-19-10-6-17(7-11-19)23-30-12-1-13-31-23)24-18-8-4-16(5-9-18)22-25-21(26-27-22)15-2-3-15/h4-11,15,23H,1-3,12-14H2,(H,24,28)(H,25,26,27). The largest absolute Gasteiger partial charge is 0.484 e. The molecular weight excluding hydrogens is 428 g/mol. The van der Waals surface area contributed by atoms with Crippen LogP contribution in [0.4, 0.5) is 5.69 Å². The van der Waals surface area contributed by atoms with Crippen LogP contribution in [0.1, 0.15) is 41.2 Å². The Labute approximate surface area is 190 Å². The second kappa shape index (κ2) is 9.36. The van der Waals surface area contributed by atoms with Gasteiger partial charge in [0.25, 0.3) is 5.91 Å². The summed E-state index contributed by atoms with van der Waals surface area (Å²) in [5, 5.41) is 10.2. The first-order chi connectivity index (χ1) is 15.2. The molecule has 1 aliphatic carbocycles. The second-order valence-corrected chi connectivity index (χ2v) is 10.5. The number of ether oxygens (including phenoxy) is 1. The highest BCUT2D eigenvalue weighted by Crippen LogP contribution is 2.43. The minimum Gasteiger partial charge on any atom is -0.484 e. The van der Waals surface area contributed by atoms with Gasteiger partial charge < -0.3 is 10.1 Å². The third-order valence-corrected chi connectivity index (χ3v) is 8.26. The molecule has 1 aliphatic heterocycles. The number of carbonyl (C=O) groups is 1. The fraction of sp³-hybridized carbons (Fsp3) is 0.348. The summed E-state index contributed by atoms with van der Waals surface area (Å²) in [6, 6.07) is 15.6. The average Bonchev–Trinajstić information content (AvgIpc) is 3.56. The lowest BCUT2D eigenvalue weighted by Crippen LogP contribution is -2.20. The molecule has 8 heteroatoms. The van der Waals surface area contributed by atoms with E-state index in [1.54, 1.807) is 0 Å². The van der Waals surface area contributed by atoms with E-state index in [9.17, 15) is 4.79 Å². The minimum atomic E-state index is -0.191. The summed E-state index contributed by atoms with van der Waals surface area (Å²) in [5.74, 6) is 5.15. The molecule has 0 radical (unpaired) electrons. The highest BCUT2D eigenvalue weighted by molar-refractivity contribution is 8.16. The number of carbonyl (C=O) groups excluding carboxylic acids is 1. The zero-order valence-electron chi connectivity index (χ0n) is 17.0. The van der Waals surface area contributed by atoms with Gasteiger partial charge in [0.15, 0.2) is 12.4 Å². The average molecular weight is 453 g/mol. The topological polar surface area (TPSA) is 79.9 Å². The van der Waals surface area contributed by atoms with Gasteiger partial charge in [0.2, 0.25) is 0 Å². The van der Waals surface area contributed by atoms with E-state index >= 15 is 0 Å². The van der Waals surface area contributed by atoms with Gasteiger partial charge in [0, 0.05) is 17.2 Å². The van der Waals surface area contributed by atoms with Crippen LogP contribution in [0.2, 0.25) is 0 Å². The summed E-state index contributed by atoms with van der Waals surface area (Å²) in [6.45, 7) is -0.0281. The van der Waals surface area contributed by atoms with E-state index in [0.717, 1.165) is 17.1 Å². The Morgan fingerprint density at radius 3 is 2.52 bits per heavy atom. The predicted octanol–water partition coefficient (Wildman–Crippen LogP) is 5.24. The molecule has 1 saturated carbocycles. The van der Waals surface area contributed by atoms with Crippen molar-refractivity contribution in [2.45, 2.75) is 29.8 Å². The van der Waals surface area contributed by atoms with Gasteiger partial charge in [-0.1, -0.05) is 12.1 Å². The van der Waals surface area contributed by atoms with Crippen LogP contribution in [-0.4, -0.2) is 39.2 Å². The van der Waals surface area contributed by atoms with Gasteiger partial charge >= 0.3 is 0 Å². The monoisotopic (exact) mass is 452 g/mol. The van der Waals surface area contributed by atoms with Crippen molar-refractivity contribution in [3.05, 3.63) is 59.9 Å². The quantitative estimate of drug-likeness (QED) is 0.511. The van der Waals surface area contributed by atoms with Crippen molar-refractivity contribution in [1.82, 2.24) is 15.2 Å². The van der Waals surface area contributed by atoms with Crippen LogP contribution in [0.25, 0.3) is 11.4 Å². The van der Waals surface area contributed by atoms with Crippen molar-refractivity contribution < 1.29 is 9.53 Å². The summed E-state index contributed by atoms with van der Waals surface area (Å²) < 4.78 is 6.16. The number of anilines is 1. The lowest BCUT2D eigenvalue weighted by molar-refractivity contribution is -0.118. The van der Waals surface area contributed by atoms with Crippen molar-refractivity contribution in [2.24, 2.45) is 0 Å². The van der Waals surface area contributed by atoms with Crippen molar-refractivity contribution in [1.29, 1.82) is 0 Å². The lowest BCUT2D eigenvalue weighted by Gasteiger charge is -2.21. The molecule has 1 aromatic heterocycles. The van der Waals surface area contributed by atoms with Crippen LogP contribution in [0, 0.1) is 0 Å². The fourth-order valence-electron chi connectivity index (χ4n) is 3.39. The van der Waals surface area contributed by atoms with Gasteiger partial charge in [-0.3, -0.25) is 9.89 Å². The van der Waals surface area contributed by atoms with Gasteiger partial charge in [-0.15, -0.1) is 23.5 Å². The molecule has 0 atom stereocenters. The van der Waals surface area contributed by atoms with Gasteiger partial charge in [-0.05, 0) is 72.7 Å². The Hall–Kier alpha value is -2.45.